The highest BCUT2D eigenvalue weighted by atomic mass is 16.2. The molecule has 21 heavy (non-hydrogen) atoms. The molecule has 1 fully saturated rings. The molecule has 0 saturated carbocycles. The summed E-state index contributed by atoms with van der Waals surface area (Å²) in [4.78, 5) is 39.0. The SMILES string of the molecule is CCCN1CCN(CC(=O)c2ccc(C)cc2)C(=O)C1=O. The molecule has 0 spiro atoms. The minimum atomic E-state index is -0.574. The van der Waals surface area contributed by atoms with Gasteiger partial charge < -0.3 is 9.80 Å². The van der Waals surface area contributed by atoms with E-state index in [0.717, 1.165) is 12.0 Å². The molecule has 2 amide bonds. The quantitative estimate of drug-likeness (QED) is 0.605. The van der Waals surface area contributed by atoms with Crippen LogP contribution in [0.3, 0.4) is 0 Å². The van der Waals surface area contributed by atoms with E-state index in [1.54, 1.807) is 17.0 Å². The Morgan fingerprint density at radius 3 is 2.24 bits per heavy atom. The van der Waals surface area contributed by atoms with Crippen LogP contribution in [0.5, 0.6) is 0 Å². The largest absolute Gasteiger partial charge is 0.333 e. The van der Waals surface area contributed by atoms with Crippen LogP contribution in [0, 0.1) is 6.92 Å². The maximum atomic E-state index is 12.2. The van der Waals surface area contributed by atoms with Crippen molar-refractivity contribution in [1.29, 1.82) is 0 Å². The number of carbonyl (C=O) groups is 3. The van der Waals surface area contributed by atoms with Gasteiger partial charge in [0.05, 0.1) is 6.54 Å². The summed E-state index contributed by atoms with van der Waals surface area (Å²) in [6.07, 6.45) is 0.821. The predicted octanol–water partition coefficient (Wildman–Crippen LogP) is 1.26. The summed E-state index contributed by atoms with van der Waals surface area (Å²) >= 11 is 0. The van der Waals surface area contributed by atoms with Gasteiger partial charge in [0.1, 0.15) is 0 Å². The minimum Gasteiger partial charge on any atom is -0.333 e. The lowest BCUT2D eigenvalue weighted by Crippen LogP contribution is -2.55. The molecule has 5 heteroatoms. The van der Waals surface area contributed by atoms with Gasteiger partial charge in [-0.25, -0.2) is 0 Å². The second-order valence-electron chi connectivity index (χ2n) is 5.31. The third-order valence-electron chi connectivity index (χ3n) is 3.60. The molecule has 5 nitrogen and oxygen atoms in total. The van der Waals surface area contributed by atoms with Gasteiger partial charge in [-0.15, -0.1) is 0 Å². The predicted molar refractivity (Wildman–Crippen MR) is 79.0 cm³/mol. The Balaban J connectivity index is 2.00. The van der Waals surface area contributed by atoms with E-state index in [-0.39, 0.29) is 12.3 Å². The van der Waals surface area contributed by atoms with Crippen molar-refractivity contribution in [3.63, 3.8) is 0 Å². The monoisotopic (exact) mass is 288 g/mol. The molecule has 0 radical (unpaired) electrons. The second kappa shape index (κ2) is 6.52. The Hall–Kier alpha value is -2.17. The number of ketones is 1. The molecule has 1 aromatic carbocycles. The number of hydrogen-bond acceptors (Lipinski definition) is 3. The fourth-order valence-electron chi connectivity index (χ4n) is 2.35. The van der Waals surface area contributed by atoms with Crippen molar-refractivity contribution < 1.29 is 14.4 Å². The summed E-state index contributed by atoms with van der Waals surface area (Å²) in [5, 5.41) is 0. The smallest absolute Gasteiger partial charge is 0.312 e. The summed E-state index contributed by atoms with van der Waals surface area (Å²) in [6, 6.07) is 7.22. The molecular weight excluding hydrogens is 268 g/mol. The highest BCUT2D eigenvalue weighted by Gasteiger charge is 2.32. The third-order valence-corrected chi connectivity index (χ3v) is 3.60. The lowest BCUT2D eigenvalue weighted by molar-refractivity contribution is -0.155. The number of amides is 2. The van der Waals surface area contributed by atoms with Gasteiger partial charge in [0.25, 0.3) is 0 Å². The molecule has 0 aromatic heterocycles. The number of hydrogen-bond donors (Lipinski definition) is 0. The van der Waals surface area contributed by atoms with Crippen molar-refractivity contribution in [2.45, 2.75) is 20.3 Å². The average molecular weight is 288 g/mol. The lowest BCUT2D eigenvalue weighted by Gasteiger charge is -2.33. The molecule has 0 unspecified atom stereocenters. The van der Waals surface area contributed by atoms with Crippen molar-refractivity contribution in [3.05, 3.63) is 35.4 Å². The van der Waals surface area contributed by atoms with Crippen molar-refractivity contribution in [3.8, 4) is 0 Å². The van der Waals surface area contributed by atoms with Gasteiger partial charge in [-0.3, -0.25) is 14.4 Å². The first-order chi connectivity index (χ1) is 10.0. The number of Topliss-reactive ketones (excluding diaryl/α,β-unsaturated/α-hetero) is 1. The maximum Gasteiger partial charge on any atom is 0.312 e. The highest BCUT2D eigenvalue weighted by Crippen LogP contribution is 2.09. The Bertz CT molecular complexity index is 551. The van der Waals surface area contributed by atoms with E-state index in [2.05, 4.69) is 0 Å². The number of aryl methyl sites for hydroxylation is 1. The van der Waals surface area contributed by atoms with Crippen LogP contribution in [0.1, 0.15) is 29.3 Å². The molecule has 1 saturated heterocycles. The van der Waals surface area contributed by atoms with Crippen LogP contribution in [0.15, 0.2) is 24.3 Å². The first-order valence-corrected chi connectivity index (χ1v) is 7.21. The summed E-state index contributed by atoms with van der Waals surface area (Å²) < 4.78 is 0. The summed E-state index contributed by atoms with van der Waals surface area (Å²) in [5.74, 6) is -1.21. The number of carbonyl (C=O) groups excluding carboxylic acids is 3. The maximum absolute atomic E-state index is 12.2. The Labute approximate surface area is 124 Å². The zero-order chi connectivity index (χ0) is 15.4. The fraction of sp³-hybridized carbons (Fsp3) is 0.438. The molecule has 0 N–H and O–H groups in total. The van der Waals surface area contributed by atoms with E-state index < -0.39 is 11.8 Å². The van der Waals surface area contributed by atoms with E-state index in [1.807, 2.05) is 26.0 Å². The number of benzene rings is 1. The van der Waals surface area contributed by atoms with Gasteiger partial charge in [0.2, 0.25) is 0 Å². The Morgan fingerprint density at radius 2 is 1.62 bits per heavy atom. The first kappa shape index (κ1) is 15.2. The molecule has 1 aliphatic rings. The zero-order valence-corrected chi connectivity index (χ0v) is 12.5. The van der Waals surface area contributed by atoms with Crippen LogP contribution in [0.25, 0.3) is 0 Å². The Morgan fingerprint density at radius 1 is 1.05 bits per heavy atom. The zero-order valence-electron chi connectivity index (χ0n) is 12.5. The standard InChI is InChI=1S/C16H20N2O3/c1-3-8-17-9-10-18(16(21)15(17)20)11-14(19)13-6-4-12(2)5-7-13/h4-7H,3,8-11H2,1-2H3. The van der Waals surface area contributed by atoms with E-state index in [9.17, 15) is 14.4 Å². The molecular formula is C16H20N2O3. The molecule has 112 valence electrons. The topological polar surface area (TPSA) is 57.7 Å². The second-order valence-corrected chi connectivity index (χ2v) is 5.31. The van der Waals surface area contributed by atoms with Crippen LogP contribution in [0.2, 0.25) is 0 Å². The highest BCUT2D eigenvalue weighted by molar-refractivity contribution is 6.35. The number of piperazine rings is 1. The molecule has 2 rings (SSSR count). The van der Waals surface area contributed by atoms with Crippen LogP contribution >= 0.6 is 0 Å². The first-order valence-electron chi connectivity index (χ1n) is 7.21. The van der Waals surface area contributed by atoms with Crippen molar-refractivity contribution >= 4 is 17.6 Å². The van der Waals surface area contributed by atoms with Crippen molar-refractivity contribution in [2.75, 3.05) is 26.2 Å². The molecule has 1 aliphatic heterocycles. The van der Waals surface area contributed by atoms with E-state index in [0.29, 0.717) is 25.2 Å². The van der Waals surface area contributed by atoms with Crippen LogP contribution in [0.4, 0.5) is 0 Å². The van der Waals surface area contributed by atoms with Gasteiger partial charge in [0, 0.05) is 25.2 Å². The average Bonchev–Trinajstić information content (AvgIpc) is 2.47. The lowest BCUT2D eigenvalue weighted by atomic mass is 10.1. The third kappa shape index (κ3) is 3.48. The molecule has 0 atom stereocenters. The van der Waals surface area contributed by atoms with E-state index in [4.69, 9.17) is 0 Å². The molecule has 0 bridgehead atoms. The summed E-state index contributed by atoms with van der Waals surface area (Å²) in [5.41, 5.74) is 1.64. The van der Waals surface area contributed by atoms with Crippen LogP contribution < -0.4 is 0 Å². The molecule has 1 heterocycles. The molecule has 0 aliphatic carbocycles. The van der Waals surface area contributed by atoms with E-state index in [1.165, 1.54) is 4.90 Å². The summed E-state index contributed by atoms with van der Waals surface area (Å²) in [7, 11) is 0. The van der Waals surface area contributed by atoms with Crippen LogP contribution in [-0.4, -0.2) is 53.6 Å². The normalized spacial score (nSPS) is 15.5. The summed E-state index contributed by atoms with van der Waals surface area (Å²) in [6.45, 7) is 5.38. The van der Waals surface area contributed by atoms with Crippen molar-refractivity contribution in [1.82, 2.24) is 9.80 Å². The van der Waals surface area contributed by atoms with Crippen molar-refractivity contribution in [2.24, 2.45) is 0 Å². The van der Waals surface area contributed by atoms with E-state index >= 15 is 0 Å². The number of rotatable bonds is 5. The van der Waals surface area contributed by atoms with Gasteiger partial charge in [-0.1, -0.05) is 36.8 Å². The van der Waals surface area contributed by atoms with Gasteiger partial charge in [0.15, 0.2) is 5.78 Å². The fourth-order valence-corrected chi connectivity index (χ4v) is 2.35. The number of nitrogens with zero attached hydrogens (tertiary/aromatic N) is 2. The van der Waals surface area contributed by atoms with Gasteiger partial charge >= 0.3 is 11.8 Å². The van der Waals surface area contributed by atoms with Crippen LogP contribution in [-0.2, 0) is 9.59 Å². The van der Waals surface area contributed by atoms with Gasteiger partial charge in [-0.2, -0.15) is 0 Å². The molecule has 1 aromatic rings. The van der Waals surface area contributed by atoms with Gasteiger partial charge in [-0.05, 0) is 13.3 Å². The Kier molecular flexibility index (Phi) is 4.73. The minimum absolute atomic E-state index is 0.0341.